The summed E-state index contributed by atoms with van der Waals surface area (Å²) in [5.74, 6) is 0.639. The van der Waals surface area contributed by atoms with Crippen LogP contribution < -0.4 is 5.19 Å². The van der Waals surface area contributed by atoms with Crippen LogP contribution in [0.3, 0.4) is 0 Å². The smallest absolute Gasteiger partial charge is 0.0798 e. The summed E-state index contributed by atoms with van der Waals surface area (Å²) in [6.07, 6.45) is 4.97. The number of rotatable bonds is 6. The fourth-order valence-corrected chi connectivity index (χ4v) is 7.39. The summed E-state index contributed by atoms with van der Waals surface area (Å²) in [6, 6.07) is 43.5. The van der Waals surface area contributed by atoms with Gasteiger partial charge in [-0.2, -0.15) is 0 Å². The monoisotopic (exact) mass is 807 g/mol. The molecule has 2 aromatic heterocycles. The molecule has 1 radical (unpaired) electrons. The summed E-state index contributed by atoms with van der Waals surface area (Å²) >= 11 is 0. The second-order valence-corrected chi connectivity index (χ2v) is 18.2. The van der Waals surface area contributed by atoms with Crippen LogP contribution >= 0.6 is 0 Å². The average molecular weight is 807 g/mol. The Labute approximate surface area is 297 Å². The van der Waals surface area contributed by atoms with Crippen LogP contribution in [0.1, 0.15) is 22.2 Å². The van der Waals surface area contributed by atoms with Gasteiger partial charge in [-0.05, 0) is 45.9 Å². The van der Waals surface area contributed by atoms with Crippen molar-refractivity contribution < 1.29 is 22.8 Å². The van der Waals surface area contributed by atoms with Crippen molar-refractivity contribution in [2.24, 2.45) is 5.92 Å². The molecule has 0 atom stereocenters. The molecule has 7 aromatic rings. The molecule has 0 aliphatic carbocycles. The maximum atomic E-state index is 8.31. The number of nitrogens with zero attached hydrogens (tertiary/aromatic N) is 2. The molecule has 0 fully saturated rings. The molecule has 2 nitrogen and oxygen atoms in total. The number of hydrogen-bond acceptors (Lipinski definition) is 2. The Bertz CT molecular complexity index is 2200. The predicted octanol–water partition coefficient (Wildman–Crippen LogP) is 10.8. The molecule has 2 heterocycles. The van der Waals surface area contributed by atoms with Crippen LogP contribution in [0.2, 0.25) is 19.6 Å². The van der Waals surface area contributed by atoms with Gasteiger partial charge >= 0.3 is 0 Å². The first-order chi connectivity index (χ1) is 23.1. The van der Waals surface area contributed by atoms with Gasteiger partial charge in [0.2, 0.25) is 0 Å². The number of benzene rings is 5. The van der Waals surface area contributed by atoms with Crippen LogP contribution in [-0.2, 0) is 26.5 Å². The molecule has 47 heavy (non-hydrogen) atoms. The van der Waals surface area contributed by atoms with Gasteiger partial charge in [-0.25, -0.2) is 0 Å². The van der Waals surface area contributed by atoms with Crippen LogP contribution in [0.5, 0.6) is 0 Å². The van der Waals surface area contributed by atoms with Gasteiger partial charge in [0.1, 0.15) is 0 Å². The SMILES string of the molecule is CC(C)Cc1cc(-c2[c-]ccc(-c3ccccc3)c2)ncc1[Si](C)(C)C.[2H]c1c([2H])c2ccccc2c2c[c-]c(-c3ccccn3)cc12.[Ir]. The van der Waals surface area contributed by atoms with E-state index in [4.69, 9.17) is 7.73 Å². The van der Waals surface area contributed by atoms with Crippen LogP contribution in [0.25, 0.3) is 55.2 Å². The van der Waals surface area contributed by atoms with E-state index in [1.807, 2.05) is 66.7 Å². The maximum Gasteiger partial charge on any atom is 0.0798 e. The van der Waals surface area contributed by atoms with Crippen molar-refractivity contribution in [3.8, 4) is 33.6 Å². The van der Waals surface area contributed by atoms with Gasteiger partial charge in [0.05, 0.1) is 10.8 Å². The molecule has 0 spiro atoms. The van der Waals surface area contributed by atoms with E-state index in [1.54, 1.807) is 6.20 Å². The summed E-state index contributed by atoms with van der Waals surface area (Å²) < 4.78 is 16.5. The van der Waals surface area contributed by atoms with Gasteiger partial charge in [-0.15, -0.1) is 64.5 Å². The third-order valence-electron chi connectivity index (χ3n) is 8.05. The van der Waals surface area contributed by atoms with Crippen molar-refractivity contribution in [3.63, 3.8) is 0 Å². The van der Waals surface area contributed by atoms with E-state index < -0.39 is 8.07 Å². The van der Waals surface area contributed by atoms with Crippen molar-refractivity contribution in [3.05, 3.63) is 151 Å². The number of aromatic nitrogens is 2. The molecule has 0 N–H and O–H groups in total. The minimum atomic E-state index is -1.40. The van der Waals surface area contributed by atoms with Crippen molar-refractivity contribution in [1.82, 2.24) is 9.97 Å². The molecular weight excluding hydrogens is 765 g/mol. The molecule has 237 valence electrons. The largest absolute Gasteiger partial charge is 0.305 e. The molecule has 7 rings (SSSR count). The Hall–Kier alpha value is -4.21. The van der Waals surface area contributed by atoms with E-state index in [1.165, 1.54) is 21.9 Å². The molecule has 5 aromatic carbocycles. The fraction of sp³-hybridized carbons (Fsp3) is 0.163. The number of fused-ring (bicyclic) bond motifs is 3. The minimum absolute atomic E-state index is 0. The van der Waals surface area contributed by atoms with E-state index in [0.29, 0.717) is 5.92 Å². The van der Waals surface area contributed by atoms with E-state index in [9.17, 15) is 0 Å². The van der Waals surface area contributed by atoms with Crippen LogP contribution in [0.4, 0.5) is 0 Å². The summed E-state index contributed by atoms with van der Waals surface area (Å²) in [4.78, 5) is 9.15. The van der Waals surface area contributed by atoms with Gasteiger partial charge in [0, 0.05) is 32.5 Å². The van der Waals surface area contributed by atoms with Crippen LogP contribution in [0, 0.1) is 18.1 Å². The number of pyridine rings is 2. The first-order valence-corrected chi connectivity index (χ1v) is 19.4. The van der Waals surface area contributed by atoms with Crippen molar-refractivity contribution in [1.29, 1.82) is 0 Å². The van der Waals surface area contributed by atoms with Gasteiger partial charge in [0.15, 0.2) is 0 Å². The van der Waals surface area contributed by atoms with Crippen molar-refractivity contribution >= 4 is 34.8 Å². The van der Waals surface area contributed by atoms with Gasteiger partial charge in [-0.1, -0.05) is 135 Å². The Morgan fingerprint density at radius 2 is 1.43 bits per heavy atom. The Morgan fingerprint density at radius 3 is 2.17 bits per heavy atom. The molecule has 0 saturated heterocycles. The molecule has 0 bridgehead atoms. The van der Waals surface area contributed by atoms with Crippen LogP contribution in [0.15, 0.2) is 134 Å². The first kappa shape index (κ1) is 31.4. The quantitative estimate of drug-likeness (QED) is 0.0950. The normalized spacial score (nSPS) is 11.8. The molecule has 0 unspecified atom stereocenters. The van der Waals surface area contributed by atoms with Gasteiger partial charge < -0.3 is 9.97 Å². The van der Waals surface area contributed by atoms with E-state index in [2.05, 4.69) is 99.3 Å². The van der Waals surface area contributed by atoms with E-state index in [0.717, 1.165) is 50.5 Å². The zero-order valence-electron chi connectivity index (χ0n) is 29.6. The summed E-state index contributed by atoms with van der Waals surface area (Å²) in [7, 11) is -1.40. The standard InChI is InChI=1S/C24H28NSi.C19H12N.Ir/c1-18(2)14-22-16-23(25-17-24(22)26(3,4)5)21-13-9-12-20(15-21)19-10-7-6-8-11-19;1-2-6-17-14(5-1)8-9-15-13-16(10-11-18(15)17)19-7-3-4-12-20-19;/h6-12,15-18H,14H2,1-5H3;1-9,11-13H;/q2*-1;/i;8D,9D;. The maximum absolute atomic E-state index is 8.31. The fourth-order valence-electron chi connectivity index (χ4n) is 5.80. The predicted molar refractivity (Wildman–Crippen MR) is 199 cm³/mol. The van der Waals surface area contributed by atoms with Crippen molar-refractivity contribution in [2.75, 3.05) is 0 Å². The zero-order valence-corrected chi connectivity index (χ0v) is 31.0. The first-order valence-electron chi connectivity index (χ1n) is 16.9. The summed E-state index contributed by atoms with van der Waals surface area (Å²) in [5.41, 5.74) is 7.66. The molecule has 0 aliphatic rings. The Morgan fingerprint density at radius 1 is 0.702 bits per heavy atom. The molecule has 4 heteroatoms. The second kappa shape index (κ2) is 15.1. The Kier molecular flexibility index (Phi) is 10.1. The zero-order chi connectivity index (χ0) is 33.8. The van der Waals surface area contributed by atoms with Crippen molar-refractivity contribution in [2.45, 2.75) is 39.9 Å². The van der Waals surface area contributed by atoms with E-state index >= 15 is 0 Å². The number of hydrogen-bond donors (Lipinski definition) is 0. The van der Waals surface area contributed by atoms with Gasteiger partial charge in [-0.3, -0.25) is 0 Å². The third-order valence-corrected chi connectivity index (χ3v) is 10.1. The van der Waals surface area contributed by atoms with Gasteiger partial charge in [0.25, 0.3) is 0 Å². The average Bonchev–Trinajstić information content (AvgIpc) is 3.11. The van der Waals surface area contributed by atoms with E-state index in [-0.39, 0.29) is 32.2 Å². The topological polar surface area (TPSA) is 25.8 Å². The van der Waals surface area contributed by atoms with Crippen LogP contribution in [-0.4, -0.2) is 18.0 Å². The third kappa shape index (κ3) is 8.21. The molecule has 0 amide bonds. The molecular formula is C43H40IrN2Si-2. The summed E-state index contributed by atoms with van der Waals surface area (Å²) in [5, 5.41) is 5.00. The summed E-state index contributed by atoms with van der Waals surface area (Å²) in [6.45, 7) is 11.8. The minimum Gasteiger partial charge on any atom is -0.305 e. The Balaban J connectivity index is 0.000000189. The molecule has 0 saturated carbocycles. The second-order valence-electron chi connectivity index (χ2n) is 13.1. The molecule has 0 aliphatic heterocycles.